The Bertz CT molecular complexity index is 481. The average Bonchev–Trinajstić information content (AvgIpc) is 3.10. The molecule has 1 aromatic carbocycles. The molecule has 0 heterocycles. The van der Waals surface area contributed by atoms with Crippen LogP contribution in [-0.4, -0.2) is 21.0 Å². The van der Waals surface area contributed by atoms with Crippen molar-refractivity contribution in [1.29, 1.82) is 0 Å². The summed E-state index contributed by atoms with van der Waals surface area (Å²) >= 11 is 0. The van der Waals surface area contributed by atoms with Crippen LogP contribution in [0.5, 0.6) is 0 Å². The van der Waals surface area contributed by atoms with E-state index in [1.165, 1.54) is 12.8 Å². The van der Waals surface area contributed by atoms with Gasteiger partial charge in [-0.25, -0.2) is 13.1 Å². The van der Waals surface area contributed by atoms with E-state index in [0.29, 0.717) is 24.0 Å². The SMILES string of the molecule is CCNS(=O)(=O)c1ccccc1CNC1CC1. The van der Waals surface area contributed by atoms with Crippen molar-refractivity contribution in [3.8, 4) is 0 Å². The molecule has 0 spiro atoms. The van der Waals surface area contributed by atoms with Gasteiger partial charge in [-0.05, 0) is 24.5 Å². The summed E-state index contributed by atoms with van der Waals surface area (Å²) in [6, 6.07) is 7.71. The summed E-state index contributed by atoms with van der Waals surface area (Å²) in [5.41, 5.74) is 0.834. The van der Waals surface area contributed by atoms with E-state index in [4.69, 9.17) is 0 Å². The van der Waals surface area contributed by atoms with E-state index in [9.17, 15) is 8.42 Å². The predicted octanol–water partition coefficient (Wildman–Crippen LogP) is 1.24. The number of hydrogen-bond donors (Lipinski definition) is 2. The van der Waals surface area contributed by atoms with Crippen LogP contribution in [0.4, 0.5) is 0 Å². The summed E-state index contributed by atoms with van der Waals surface area (Å²) < 4.78 is 26.5. The first-order chi connectivity index (χ1) is 8.13. The van der Waals surface area contributed by atoms with Gasteiger partial charge in [0.25, 0.3) is 0 Å². The maximum absolute atomic E-state index is 12.0. The summed E-state index contributed by atoms with van der Waals surface area (Å²) in [5, 5.41) is 3.34. The summed E-state index contributed by atoms with van der Waals surface area (Å²) in [6.45, 7) is 2.81. The van der Waals surface area contributed by atoms with E-state index in [0.717, 1.165) is 5.56 Å². The van der Waals surface area contributed by atoms with Crippen molar-refractivity contribution in [1.82, 2.24) is 10.0 Å². The number of sulfonamides is 1. The Hall–Kier alpha value is -0.910. The second kappa shape index (κ2) is 5.16. The highest BCUT2D eigenvalue weighted by Gasteiger charge is 2.22. The lowest BCUT2D eigenvalue weighted by molar-refractivity contribution is 0.580. The highest BCUT2D eigenvalue weighted by Crippen LogP contribution is 2.21. The summed E-state index contributed by atoms with van der Waals surface area (Å²) in [4.78, 5) is 0.384. The van der Waals surface area contributed by atoms with Crippen molar-refractivity contribution in [2.45, 2.75) is 37.2 Å². The first-order valence-corrected chi connectivity index (χ1v) is 7.43. The first kappa shape index (κ1) is 12.5. The minimum Gasteiger partial charge on any atom is -0.310 e. The topological polar surface area (TPSA) is 58.2 Å². The molecule has 2 N–H and O–H groups in total. The zero-order valence-electron chi connectivity index (χ0n) is 9.94. The molecule has 0 unspecified atom stereocenters. The maximum Gasteiger partial charge on any atom is 0.240 e. The molecule has 4 nitrogen and oxygen atoms in total. The molecule has 0 atom stereocenters. The van der Waals surface area contributed by atoms with Crippen LogP contribution >= 0.6 is 0 Å². The lowest BCUT2D eigenvalue weighted by Gasteiger charge is -2.11. The molecule has 1 aliphatic rings. The normalized spacial score (nSPS) is 16.1. The molecule has 17 heavy (non-hydrogen) atoms. The fourth-order valence-electron chi connectivity index (χ4n) is 1.72. The van der Waals surface area contributed by atoms with Crippen molar-refractivity contribution in [3.63, 3.8) is 0 Å². The zero-order valence-corrected chi connectivity index (χ0v) is 10.8. The van der Waals surface area contributed by atoms with Gasteiger partial charge >= 0.3 is 0 Å². The molecular formula is C12H18N2O2S. The van der Waals surface area contributed by atoms with Crippen LogP contribution in [0.25, 0.3) is 0 Å². The van der Waals surface area contributed by atoms with Gasteiger partial charge in [-0.2, -0.15) is 0 Å². The van der Waals surface area contributed by atoms with Gasteiger partial charge in [0, 0.05) is 19.1 Å². The van der Waals surface area contributed by atoms with Crippen molar-refractivity contribution in [3.05, 3.63) is 29.8 Å². The minimum absolute atomic E-state index is 0.384. The second-order valence-electron chi connectivity index (χ2n) is 4.26. The Balaban J connectivity index is 2.19. The zero-order chi connectivity index (χ0) is 12.3. The van der Waals surface area contributed by atoms with Crippen molar-refractivity contribution in [2.24, 2.45) is 0 Å². The van der Waals surface area contributed by atoms with Gasteiger partial charge in [0.2, 0.25) is 10.0 Å². The first-order valence-electron chi connectivity index (χ1n) is 5.94. The van der Waals surface area contributed by atoms with Crippen LogP contribution in [0.2, 0.25) is 0 Å². The van der Waals surface area contributed by atoms with Crippen LogP contribution in [0.15, 0.2) is 29.2 Å². The van der Waals surface area contributed by atoms with Gasteiger partial charge in [-0.1, -0.05) is 25.1 Å². The van der Waals surface area contributed by atoms with Gasteiger partial charge < -0.3 is 5.32 Å². The largest absolute Gasteiger partial charge is 0.310 e. The van der Waals surface area contributed by atoms with E-state index < -0.39 is 10.0 Å². The van der Waals surface area contributed by atoms with Crippen LogP contribution in [-0.2, 0) is 16.6 Å². The third kappa shape index (κ3) is 3.28. The van der Waals surface area contributed by atoms with Gasteiger partial charge in [0.15, 0.2) is 0 Å². The molecule has 94 valence electrons. The van der Waals surface area contributed by atoms with Gasteiger partial charge in [-0.3, -0.25) is 0 Å². The molecule has 0 aliphatic heterocycles. The van der Waals surface area contributed by atoms with Crippen LogP contribution in [0.3, 0.4) is 0 Å². The third-order valence-corrected chi connectivity index (χ3v) is 4.40. The molecule has 5 heteroatoms. The molecule has 1 fully saturated rings. The summed E-state index contributed by atoms with van der Waals surface area (Å²) in [5.74, 6) is 0. The third-order valence-electron chi connectivity index (χ3n) is 2.76. The fourth-order valence-corrected chi connectivity index (χ4v) is 3.00. The van der Waals surface area contributed by atoms with Crippen LogP contribution in [0.1, 0.15) is 25.3 Å². The molecular weight excluding hydrogens is 236 g/mol. The highest BCUT2D eigenvalue weighted by molar-refractivity contribution is 7.89. The number of hydrogen-bond acceptors (Lipinski definition) is 3. The lowest BCUT2D eigenvalue weighted by Crippen LogP contribution is -2.25. The second-order valence-corrected chi connectivity index (χ2v) is 6.00. The molecule has 1 saturated carbocycles. The monoisotopic (exact) mass is 254 g/mol. The Morgan fingerprint density at radius 1 is 1.29 bits per heavy atom. The molecule has 2 rings (SSSR count). The van der Waals surface area contributed by atoms with Crippen LogP contribution in [0, 0.1) is 0 Å². The molecule has 1 aromatic rings. The maximum atomic E-state index is 12.0. The van der Waals surface area contributed by atoms with E-state index in [1.807, 2.05) is 12.1 Å². The van der Waals surface area contributed by atoms with Crippen molar-refractivity contribution >= 4 is 10.0 Å². The van der Waals surface area contributed by atoms with Crippen molar-refractivity contribution < 1.29 is 8.42 Å². The lowest BCUT2D eigenvalue weighted by atomic mass is 10.2. The molecule has 1 aliphatic carbocycles. The quantitative estimate of drug-likeness (QED) is 0.803. The summed E-state index contributed by atoms with van der Waals surface area (Å²) in [7, 11) is -3.36. The average molecular weight is 254 g/mol. The van der Waals surface area contributed by atoms with E-state index in [-0.39, 0.29) is 0 Å². The molecule has 0 bridgehead atoms. The van der Waals surface area contributed by atoms with E-state index >= 15 is 0 Å². The standard InChI is InChI=1S/C12H18N2O2S/c1-2-14-17(15,16)12-6-4-3-5-10(12)9-13-11-7-8-11/h3-6,11,13-14H,2,7-9H2,1H3. The Morgan fingerprint density at radius 3 is 2.65 bits per heavy atom. The smallest absolute Gasteiger partial charge is 0.240 e. The minimum atomic E-state index is -3.36. The predicted molar refractivity (Wildman–Crippen MR) is 67.2 cm³/mol. The highest BCUT2D eigenvalue weighted by atomic mass is 32.2. The number of rotatable bonds is 6. The van der Waals surface area contributed by atoms with Gasteiger partial charge in [0.1, 0.15) is 0 Å². The molecule has 0 amide bonds. The van der Waals surface area contributed by atoms with Gasteiger partial charge in [0.05, 0.1) is 4.90 Å². The summed E-state index contributed by atoms with van der Waals surface area (Å²) in [6.07, 6.45) is 2.39. The van der Waals surface area contributed by atoms with E-state index in [2.05, 4.69) is 10.0 Å². The van der Waals surface area contributed by atoms with Crippen LogP contribution < -0.4 is 10.0 Å². The van der Waals surface area contributed by atoms with Gasteiger partial charge in [-0.15, -0.1) is 0 Å². The molecule has 0 aromatic heterocycles. The number of benzene rings is 1. The molecule has 0 radical (unpaired) electrons. The Morgan fingerprint density at radius 2 is 2.00 bits per heavy atom. The van der Waals surface area contributed by atoms with Crippen molar-refractivity contribution in [2.75, 3.05) is 6.54 Å². The Kier molecular flexibility index (Phi) is 3.81. The fraction of sp³-hybridized carbons (Fsp3) is 0.500. The number of nitrogens with one attached hydrogen (secondary N) is 2. The van der Waals surface area contributed by atoms with E-state index in [1.54, 1.807) is 19.1 Å². The molecule has 0 saturated heterocycles. The Labute approximate surface area is 102 Å².